The van der Waals surface area contributed by atoms with E-state index in [-0.39, 0.29) is 6.10 Å². The number of β-amino-alcohol motifs (C(OH)–C–C–N with tert-alkyl or cyclic N) is 1. The third-order valence-corrected chi connectivity index (χ3v) is 6.49. The number of rotatable bonds is 7. The first-order valence-electron chi connectivity index (χ1n) is 10.1. The number of anilines is 1. The molecule has 3 fully saturated rings. The Labute approximate surface area is 151 Å². The van der Waals surface area contributed by atoms with Crippen LogP contribution in [0.4, 0.5) is 5.69 Å². The third-order valence-electron chi connectivity index (χ3n) is 6.49. The van der Waals surface area contributed by atoms with Crippen LogP contribution in [0.5, 0.6) is 0 Å². The summed E-state index contributed by atoms with van der Waals surface area (Å²) in [5.41, 5.74) is 1.30. The second kappa shape index (κ2) is 8.07. The Bertz CT molecular complexity index is 530. The predicted molar refractivity (Wildman–Crippen MR) is 101 cm³/mol. The van der Waals surface area contributed by atoms with Gasteiger partial charge in [-0.05, 0) is 49.1 Å². The maximum atomic E-state index is 10.3. The van der Waals surface area contributed by atoms with Crippen molar-refractivity contribution in [1.29, 1.82) is 0 Å². The van der Waals surface area contributed by atoms with Crippen molar-refractivity contribution >= 4 is 5.69 Å². The summed E-state index contributed by atoms with van der Waals surface area (Å²) in [6.07, 6.45) is 5.29. The lowest BCUT2D eigenvalue weighted by Crippen LogP contribution is -2.49. The maximum absolute atomic E-state index is 10.3. The lowest BCUT2D eigenvalue weighted by Gasteiger charge is -2.36. The van der Waals surface area contributed by atoms with Crippen molar-refractivity contribution in [3.05, 3.63) is 30.3 Å². The summed E-state index contributed by atoms with van der Waals surface area (Å²) >= 11 is 0. The number of aliphatic hydroxyl groups excluding tert-OH is 1. The monoisotopic (exact) mass is 344 g/mol. The Morgan fingerprint density at radius 2 is 1.84 bits per heavy atom. The molecule has 0 amide bonds. The molecule has 0 radical (unpaired) electrons. The van der Waals surface area contributed by atoms with Gasteiger partial charge in [0, 0.05) is 45.0 Å². The van der Waals surface area contributed by atoms with E-state index >= 15 is 0 Å². The molecule has 1 aromatic rings. The van der Waals surface area contributed by atoms with Gasteiger partial charge in [-0.15, -0.1) is 0 Å². The standard InChI is InChI=1S/C21H32N2O2/c24-21(16-25-15-19-13-17-6-7-18(19)12-17)14-22-8-10-23(11-9-22)20-4-2-1-3-5-20/h1-5,17-19,21,24H,6-16H2/t17-,18-,19+,21+/m1/s1. The topological polar surface area (TPSA) is 35.9 Å². The van der Waals surface area contributed by atoms with Crippen molar-refractivity contribution in [1.82, 2.24) is 4.90 Å². The van der Waals surface area contributed by atoms with Crippen LogP contribution in [0.1, 0.15) is 25.7 Å². The Morgan fingerprint density at radius 3 is 2.52 bits per heavy atom. The van der Waals surface area contributed by atoms with E-state index in [9.17, 15) is 5.11 Å². The number of fused-ring (bicyclic) bond motifs is 2. The van der Waals surface area contributed by atoms with Gasteiger partial charge >= 0.3 is 0 Å². The molecule has 3 aliphatic rings. The highest BCUT2D eigenvalue weighted by Crippen LogP contribution is 2.48. The molecule has 4 atom stereocenters. The first kappa shape index (κ1) is 17.3. The summed E-state index contributed by atoms with van der Waals surface area (Å²) in [6.45, 7) is 6.17. The van der Waals surface area contributed by atoms with Crippen LogP contribution >= 0.6 is 0 Å². The predicted octanol–water partition coefficient (Wildman–Crippen LogP) is 2.62. The quantitative estimate of drug-likeness (QED) is 0.825. The summed E-state index contributed by atoms with van der Waals surface area (Å²) in [6, 6.07) is 10.6. The van der Waals surface area contributed by atoms with Crippen molar-refractivity contribution in [2.75, 3.05) is 50.8 Å². The zero-order chi connectivity index (χ0) is 17.1. The van der Waals surface area contributed by atoms with Gasteiger partial charge in [-0.3, -0.25) is 4.90 Å². The summed E-state index contributed by atoms with van der Waals surface area (Å²) in [4.78, 5) is 4.79. The normalized spacial score (nSPS) is 30.8. The van der Waals surface area contributed by atoms with E-state index in [1.807, 2.05) is 0 Å². The number of nitrogens with zero attached hydrogens (tertiary/aromatic N) is 2. The molecular weight excluding hydrogens is 312 g/mol. The lowest BCUT2D eigenvalue weighted by molar-refractivity contribution is -0.00274. The van der Waals surface area contributed by atoms with Crippen molar-refractivity contribution in [2.45, 2.75) is 31.8 Å². The molecule has 2 aliphatic carbocycles. The molecule has 4 nitrogen and oxygen atoms in total. The van der Waals surface area contributed by atoms with Crippen LogP contribution < -0.4 is 4.90 Å². The Kier molecular flexibility index (Phi) is 5.59. The fourth-order valence-corrected chi connectivity index (χ4v) is 5.11. The second-order valence-corrected chi connectivity index (χ2v) is 8.25. The van der Waals surface area contributed by atoms with Gasteiger partial charge < -0.3 is 14.7 Å². The highest BCUT2D eigenvalue weighted by molar-refractivity contribution is 5.46. The minimum atomic E-state index is -0.359. The van der Waals surface area contributed by atoms with Gasteiger partial charge in [0.2, 0.25) is 0 Å². The molecule has 25 heavy (non-hydrogen) atoms. The zero-order valence-corrected chi connectivity index (χ0v) is 15.2. The van der Waals surface area contributed by atoms with E-state index in [0.717, 1.165) is 57.1 Å². The highest BCUT2D eigenvalue weighted by Gasteiger charge is 2.39. The van der Waals surface area contributed by atoms with Crippen LogP contribution in [0.25, 0.3) is 0 Å². The van der Waals surface area contributed by atoms with Gasteiger partial charge in [-0.2, -0.15) is 0 Å². The fraction of sp³-hybridized carbons (Fsp3) is 0.714. The van der Waals surface area contributed by atoms with E-state index in [4.69, 9.17) is 4.74 Å². The molecule has 4 heteroatoms. The molecule has 0 spiro atoms. The summed E-state index contributed by atoms with van der Waals surface area (Å²) < 4.78 is 5.88. The molecule has 1 aliphatic heterocycles. The molecule has 4 rings (SSSR count). The molecule has 1 N–H and O–H groups in total. The smallest absolute Gasteiger partial charge is 0.0900 e. The maximum Gasteiger partial charge on any atom is 0.0900 e. The SMILES string of the molecule is O[C@H](COC[C@@H]1C[C@@H]2CC[C@@H]1C2)CN1CCN(c2ccccc2)CC1. The number of para-hydroxylation sites is 1. The van der Waals surface area contributed by atoms with Gasteiger partial charge in [0.25, 0.3) is 0 Å². The molecule has 1 heterocycles. The van der Waals surface area contributed by atoms with Crippen LogP contribution in [0.2, 0.25) is 0 Å². The molecule has 2 saturated carbocycles. The third kappa shape index (κ3) is 4.36. The van der Waals surface area contributed by atoms with Gasteiger partial charge in [-0.25, -0.2) is 0 Å². The lowest BCUT2D eigenvalue weighted by atomic mass is 9.90. The first-order chi connectivity index (χ1) is 12.3. The van der Waals surface area contributed by atoms with E-state index in [1.54, 1.807) is 0 Å². The Balaban J connectivity index is 1.13. The number of hydrogen-bond acceptors (Lipinski definition) is 4. The molecule has 1 aromatic carbocycles. The number of piperazine rings is 1. The van der Waals surface area contributed by atoms with Gasteiger partial charge in [0.05, 0.1) is 12.7 Å². The number of ether oxygens (including phenoxy) is 1. The van der Waals surface area contributed by atoms with Crippen molar-refractivity contribution in [3.8, 4) is 0 Å². The minimum absolute atomic E-state index is 0.359. The molecule has 0 aromatic heterocycles. The van der Waals surface area contributed by atoms with E-state index in [2.05, 4.69) is 40.1 Å². The van der Waals surface area contributed by atoms with Crippen LogP contribution in [0.3, 0.4) is 0 Å². The molecular formula is C21H32N2O2. The number of hydrogen-bond donors (Lipinski definition) is 1. The average molecular weight is 344 g/mol. The Hall–Kier alpha value is -1.10. The van der Waals surface area contributed by atoms with Crippen molar-refractivity contribution in [3.63, 3.8) is 0 Å². The van der Waals surface area contributed by atoms with Crippen LogP contribution in [0.15, 0.2) is 30.3 Å². The van der Waals surface area contributed by atoms with Crippen molar-refractivity contribution in [2.24, 2.45) is 17.8 Å². The summed E-state index contributed by atoms with van der Waals surface area (Å²) in [7, 11) is 0. The zero-order valence-electron chi connectivity index (χ0n) is 15.2. The van der Waals surface area contributed by atoms with Crippen LogP contribution in [0, 0.1) is 17.8 Å². The number of benzene rings is 1. The first-order valence-corrected chi connectivity index (χ1v) is 10.1. The van der Waals surface area contributed by atoms with Gasteiger partial charge in [0.15, 0.2) is 0 Å². The van der Waals surface area contributed by atoms with Crippen LogP contribution in [-0.4, -0.2) is 62.0 Å². The van der Waals surface area contributed by atoms with E-state index in [0.29, 0.717) is 6.61 Å². The van der Waals surface area contributed by atoms with E-state index < -0.39 is 0 Å². The van der Waals surface area contributed by atoms with Crippen molar-refractivity contribution < 1.29 is 9.84 Å². The van der Waals surface area contributed by atoms with Crippen LogP contribution in [-0.2, 0) is 4.74 Å². The molecule has 0 unspecified atom stereocenters. The largest absolute Gasteiger partial charge is 0.389 e. The highest BCUT2D eigenvalue weighted by atomic mass is 16.5. The Morgan fingerprint density at radius 1 is 1.04 bits per heavy atom. The van der Waals surface area contributed by atoms with Gasteiger partial charge in [0.1, 0.15) is 0 Å². The molecule has 1 saturated heterocycles. The summed E-state index contributed by atoms with van der Waals surface area (Å²) in [5.74, 6) is 2.65. The fourth-order valence-electron chi connectivity index (χ4n) is 5.11. The second-order valence-electron chi connectivity index (χ2n) is 8.25. The van der Waals surface area contributed by atoms with Gasteiger partial charge in [-0.1, -0.05) is 24.6 Å². The molecule has 138 valence electrons. The van der Waals surface area contributed by atoms with E-state index in [1.165, 1.54) is 31.4 Å². The summed E-state index contributed by atoms with van der Waals surface area (Å²) in [5, 5.41) is 10.3. The average Bonchev–Trinajstić information content (AvgIpc) is 3.26. The minimum Gasteiger partial charge on any atom is -0.389 e. The molecule has 2 bridgehead atoms. The number of aliphatic hydroxyl groups is 1.